The molecule has 0 spiro atoms. The number of aromatic carboxylic acids is 1. The number of hydrogen-bond acceptors (Lipinski definition) is 5. The molecule has 6 nitrogen and oxygen atoms in total. The van der Waals surface area contributed by atoms with Gasteiger partial charge in [0, 0.05) is 25.8 Å². The molecule has 2 rings (SSSR count). The van der Waals surface area contributed by atoms with Gasteiger partial charge in [-0.3, -0.25) is 0 Å². The summed E-state index contributed by atoms with van der Waals surface area (Å²) in [6.07, 6.45) is 2.21. The number of nitrogens with zero attached hydrogens (tertiary/aromatic N) is 3. The minimum absolute atomic E-state index is 0.0233. The number of ether oxygens (including phenoxy) is 1. The molecule has 0 aliphatic carbocycles. The molecule has 1 saturated heterocycles. The normalized spacial score (nSPS) is 16.9. The number of carboxylic acid groups (broad SMARTS) is 1. The van der Waals surface area contributed by atoms with E-state index in [1.807, 2.05) is 4.90 Å². The molecule has 2 heterocycles. The minimum atomic E-state index is -1.03. The zero-order chi connectivity index (χ0) is 11.4. The first-order valence-electron chi connectivity index (χ1n) is 5.15. The summed E-state index contributed by atoms with van der Waals surface area (Å²) in [5.74, 6) is -0.382. The van der Waals surface area contributed by atoms with Gasteiger partial charge in [-0.15, -0.1) is 0 Å². The number of anilines is 1. The Labute approximate surface area is 92.9 Å². The molecule has 6 heteroatoms. The van der Waals surface area contributed by atoms with Gasteiger partial charge < -0.3 is 14.7 Å². The van der Waals surface area contributed by atoms with E-state index in [1.54, 1.807) is 0 Å². The highest BCUT2D eigenvalue weighted by molar-refractivity contribution is 5.86. The van der Waals surface area contributed by atoms with Gasteiger partial charge >= 0.3 is 5.97 Å². The summed E-state index contributed by atoms with van der Waals surface area (Å²) in [4.78, 5) is 20.6. The van der Waals surface area contributed by atoms with Crippen LogP contribution in [0.4, 0.5) is 5.82 Å². The van der Waals surface area contributed by atoms with Gasteiger partial charge in [-0.1, -0.05) is 0 Å². The summed E-state index contributed by atoms with van der Waals surface area (Å²) in [5.41, 5.74) is 0.0233. The van der Waals surface area contributed by atoms with Gasteiger partial charge in [-0.25, -0.2) is 14.8 Å². The van der Waals surface area contributed by atoms with Crippen molar-refractivity contribution < 1.29 is 14.6 Å². The quantitative estimate of drug-likeness (QED) is 0.782. The fourth-order valence-corrected chi connectivity index (χ4v) is 1.61. The number of carbonyl (C=O) groups is 1. The first-order valence-corrected chi connectivity index (χ1v) is 5.15. The Hall–Kier alpha value is -1.69. The van der Waals surface area contributed by atoms with E-state index in [-0.39, 0.29) is 5.69 Å². The number of hydrogen-bond donors (Lipinski definition) is 1. The van der Waals surface area contributed by atoms with Crippen LogP contribution in [0.1, 0.15) is 16.9 Å². The smallest absolute Gasteiger partial charge is 0.354 e. The molecule has 0 aromatic carbocycles. The van der Waals surface area contributed by atoms with Gasteiger partial charge in [0.1, 0.15) is 12.1 Å². The zero-order valence-electron chi connectivity index (χ0n) is 8.80. The predicted molar refractivity (Wildman–Crippen MR) is 56.6 cm³/mol. The monoisotopic (exact) mass is 223 g/mol. The molecule has 16 heavy (non-hydrogen) atoms. The molecule has 0 bridgehead atoms. The molecule has 1 aromatic heterocycles. The number of aromatic nitrogens is 2. The molecular formula is C10H13N3O3. The van der Waals surface area contributed by atoms with E-state index in [2.05, 4.69) is 9.97 Å². The molecule has 1 N–H and O–H groups in total. The predicted octanol–water partition coefficient (Wildman–Crippen LogP) is 0.401. The van der Waals surface area contributed by atoms with Crippen molar-refractivity contribution in [3.63, 3.8) is 0 Å². The topological polar surface area (TPSA) is 75.5 Å². The third-order valence-corrected chi connectivity index (χ3v) is 2.42. The molecule has 0 amide bonds. The average molecular weight is 223 g/mol. The second-order valence-corrected chi connectivity index (χ2v) is 3.52. The maximum absolute atomic E-state index is 10.8. The Morgan fingerprint density at radius 2 is 2.25 bits per heavy atom. The molecular weight excluding hydrogens is 210 g/mol. The Morgan fingerprint density at radius 3 is 3.06 bits per heavy atom. The van der Waals surface area contributed by atoms with Crippen LogP contribution in [0.3, 0.4) is 0 Å². The molecule has 0 saturated carbocycles. The summed E-state index contributed by atoms with van der Waals surface area (Å²) in [6, 6.07) is 1.49. The first kappa shape index (κ1) is 10.8. The Morgan fingerprint density at radius 1 is 1.38 bits per heavy atom. The number of rotatable bonds is 2. The molecule has 0 radical (unpaired) electrons. The molecule has 1 fully saturated rings. The SMILES string of the molecule is O=C(O)c1cc(N2CCCOCC2)ncn1. The van der Waals surface area contributed by atoms with Crippen LogP contribution in [0.15, 0.2) is 12.4 Å². The average Bonchev–Trinajstić information content (AvgIpc) is 2.57. The highest BCUT2D eigenvalue weighted by Crippen LogP contribution is 2.13. The van der Waals surface area contributed by atoms with E-state index < -0.39 is 5.97 Å². The third-order valence-electron chi connectivity index (χ3n) is 2.42. The van der Waals surface area contributed by atoms with Crippen LogP contribution in [0.25, 0.3) is 0 Å². The summed E-state index contributed by atoms with van der Waals surface area (Å²) < 4.78 is 5.32. The lowest BCUT2D eigenvalue weighted by Crippen LogP contribution is -2.27. The molecule has 86 valence electrons. The van der Waals surface area contributed by atoms with Gasteiger partial charge in [0.05, 0.1) is 6.61 Å². The molecule has 0 unspecified atom stereocenters. The fourth-order valence-electron chi connectivity index (χ4n) is 1.61. The standard InChI is InChI=1S/C10H13N3O3/c14-10(15)8-6-9(12-7-11-8)13-2-1-4-16-5-3-13/h6-7H,1-5H2,(H,14,15). The summed E-state index contributed by atoms with van der Waals surface area (Å²) in [5, 5.41) is 8.83. The first-order chi connectivity index (χ1) is 7.77. The van der Waals surface area contributed by atoms with E-state index in [0.29, 0.717) is 12.4 Å². The van der Waals surface area contributed by atoms with Crippen LogP contribution in [0.5, 0.6) is 0 Å². The van der Waals surface area contributed by atoms with Crippen molar-refractivity contribution >= 4 is 11.8 Å². The van der Waals surface area contributed by atoms with Crippen molar-refractivity contribution in [2.75, 3.05) is 31.2 Å². The van der Waals surface area contributed by atoms with Crippen LogP contribution < -0.4 is 4.90 Å². The Bertz CT molecular complexity index is 375. The van der Waals surface area contributed by atoms with Crippen molar-refractivity contribution in [2.24, 2.45) is 0 Å². The van der Waals surface area contributed by atoms with Crippen LogP contribution in [-0.2, 0) is 4.74 Å². The highest BCUT2D eigenvalue weighted by Gasteiger charge is 2.13. The van der Waals surface area contributed by atoms with Crippen LogP contribution >= 0.6 is 0 Å². The van der Waals surface area contributed by atoms with Gasteiger partial charge in [-0.2, -0.15) is 0 Å². The largest absolute Gasteiger partial charge is 0.477 e. The third kappa shape index (κ3) is 2.46. The fraction of sp³-hybridized carbons (Fsp3) is 0.500. The van der Waals surface area contributed by atoms with Crippen molar-refractivity contribution in [3.05, 3.63) is 18.1 Å². The van der Waals surface area contributed by atoms with Crippen molar-refractivity contribution in [1.29, 1.82) is 0 Å². The van der Waals surface area contributed by atoms with Crippen LogP contribution in [-0.4, -0.2) is 47.3 Å². The maximum atomic E-state index is 10.8. The van der Waals surface area contributed by atoms with Crippen molar-refractivity contribution in [3.8, 4) is 0 Å². The van der Waals surface area contributed by atoms with Gasteiger partial charge in [-0.05, 0) is 6.42 Å². The maximum Gasteiger partial charge on any atom is 0.354 e. The second kappa shape index (κ2) is 4.89. The van der Waals surface area contributed by atoms with E-state index in [1.165, 1.54) is 12.4 Å². The van der Waals surface area contributed by atoms with Crippen molar-refractivity contribution in [1.82, 2.24) is 9.97 Å². The van der Waals surface area contributed by atoms with Crippen LogP contribution in [0, 0.1) is 0 Å². The van der Waals surface area contributed by atoms with E-state index in [4.69, 9.17) is 9.84 Å². The summed E-state index contributed by atoms with van der Waals surface area (Å²) in [7, 11) is 0. The lowest BCUT2D eigenvalue weighted by molar-refractivity contribution is 0.0690. The lowest BCUT2D eigenvalue weighted by atomic mass is 10.3. The highest BCUT2D eigenvalue weighted by atomic mass is 16.5. The summed E-state index contributed by atoms with van der Waals surface area (Å²) >= 11 is 0. The van der Waals surface area contributed by atoms with E-state index >= 15 is 0 Å². The Balaban J connectivity index is 2.18. The molecule has 1 aliphatic rings. The van der Waals surface area contributed by atoms with Crippen molar-refractivity contribution in [2.45, 2.75) is 6.42 Å². The molecule has 1 aromatic rings. The molecule has 1 aliphatic heterocycles. The lowest BCUT2D eigenvalue weighted by Gasteiger charge is -2.20. The van der Waals surface area contributed by atoms with E-state index in [9.17, 15) is 4.79 Å². The van der Waals surface area contributed by atoms with Gasteiger partial charge in [0.25, 0.3) is 0 Å². The number of carboxylic acids is 1. The minimum Gasteiger partial charge on any atom is -0.477 e. The Kier molecular flexibility index (Phi) is 3.31. The van der Waals surface area contributed by atoms with Gasteiger partial charge in [0.2, 0.25) is 0 Å². The van der Waals surface area contributed by atoms with E-state index in [0.717, 1.165) is 26.1 Å². The van der Waals surface area contributed by atoms with Gasteiger partial charge in [0.15, 0.2) is 5.69 Å². The molecule has 0 atom stereocenters. The second-order valence-electron chi connectivity index (χ2n) is 3.52. The summed E-state index contributed by atoms with van der Waals surface area (Å²) in [6.45, 7) is 2.95. The zero-order valence-corrected chi connectivity index (χ0v) is 8.80. The van der Waals surface area contributed by atoms with Crippen LogP contribution in [0.2, 0.25) is 0 Å².